The lowest BCUT2D eigenvalue weighted by atomic mass is 10.1. The molecule has 0 unspecified atom stereocenters. The summed E-state index contributed by atoms with van der Waals surface area (Å²) in [5, 5.41) is 13.6. The number of rotatable bonds is 6. The highest BCUT2D eigenvalue weighted by molar-refractivity contribution is 6.34. The highest BCUT2D eigenvalue weighted by Crippen LogP contribution is 2.35. The number of benzene rings is 2. The predicted molar refractivity (Wildman–Crippen MR) is 101 cm³/mol. The van der Waals surface area contributed by atoms with E-state index in [4.69, 9.17) is 21.1 Å². The molecule has 0 radical (unpaired) electrons. The summed E-state index contributed by atoms with van der Waals surface area (Å²) in [6.07, 6.45) is 0.929. The number of nitrogens with zero attached hydrogens (tertiary/aromatic N) is 1. The van der Waals surface area contributed by atoms with Crippen LogP contribution in [0.25, 0.3) is 0 Å². The van der Waals surface area contributed by atoms with Crippen molar-refractivity contribution in [3.8, 4) is 11.5 Å². The lowest BCUT2D eigenvalue weighted by Crippen LogP contribution is -2.23. The van der Waals surface area contributed by atoms with Crippen LogP contribution in [0.5, 0.6) is 11.5 Å². The smallest absolute Gasteiger partial charge is 0.270 e. The third kappa shape index (κ3) is 4.14. The van der Waals surface area contributed by atoms with Crippen molar-refractivity contribution in [1.82, 2.24) is 5.32 Å². The van der Waals surface area contributed by atoms with Crippen molar-refractivity contribution in [1.29, 1.82) is 0 Å². The molecule has 27 heavy (non-hydrogen) atoms. The van der Waals surface area contributed by atoms with Crippen LogP contribution in [0, 0.1) is 10.1 Å². The molecule has 0 saturated carbocycles. The molecule has 0 aromatic heterocycles. The molecule has 1 N–H and O–H groups in total. The van der Waals surface area contributed by atoms with Gasteiger partial charge in [-0.15, -0.1) is 0 Å². The monoisotopic (exact) mass is 390 g/mol. The zero-order chi connectivity index (χ0) is 19.6. The van der Waals surface area contributed by atoms with Crippen molar-refractivity contribution in [2.24, 2.45) is 0 Å². The van der Waals surface area contributed by atoms with Crippen LogP contribution in [-0.2, 0) is 13.0 Å². The van der Waals surface area contributed by atoms with Crippen LogP contribution in [0.3, 0.4) is 0 Å². The molecular weight excluding hydrogens is 372 g/mol. The molecule has 2 aromatic rings. The Morgan fingerprint density at radius 1 is 1.41 bits per heavy atom. The van der Waals surface area contributed by atoms with Gasteiger partial charge in [0.05, 0.1) is 22.1 Å². The van der Waals surface area contributed by atoms with Crippen LogP contribution in [0.2, 0.25) is 5.02 Å². The highest BCUT2D eigenvalue weighted by Gasteiger charge is 2.22. The van der Waals surface area contributed by atoms with Crippen LogP contribution >= 0.6 is 11.6 Å². The fraction of sp³-hybridized carbons (Fsp3) is 0.316. The Morgan fingerprint density at radius 3 is 2.85 bits per heavy atom. The van der Waals surface area contributed by atoms with Crippen molar-refractivity contribution in [2.75, 3.05) is 6.61 Å². The van der Waals surface area contributed by atoms with Gasteiger partial charge in [0.1, 0.15) is 17.6 Å². The summed E-state index contributed by atoms with van der Waals surface area (Å²) >= 11 is 6.01. The Hall–Kier alpha value is -2.80. The number of amides is 1. The lowest BCUT2D eigenvalue weighted by Gasteiger charge is -2.13. The van der Waals surface area contributed by atoms with Gasteiger partial charge < -0.3 is 14.8 Å². The summed E-state index contributed by atoms with van der Waals surface area (Å²) < 4.78 is 11.5. The van der Waals surface area contributed by atoms with E-state index in [1.807, 2.05) is 26.0 Å². The molecule has 2 aromatic carbocycles. The van der Waals surface area contributed by atoms with Crippen molar-refractivity contribution < 1.29 is 19.2 Å². The first-order valence-electron chi connectivity index (χ1n) is 8.56. The molecular formula is C19H19ClN2O5. The number of ether oxygens (including phenoxy) is 2. The number of carbonyl (C=O) groups excluding carboxylic acids is 1. The van der Waals surface area contributed by atoms with Crippen molar-refractivity contribution in [2.45, 2.75) is 32.9 Å². The molecule has 1 amide bonds. The molecule has 0 fully saturated rings. The molecule has 142 valence electrons. The number of halogens is 1. The van der Waals surface area contributed by atoms with Crippen LogP contribution in [-0.4, -0.2) is 23.5 Å². The molecule has 0 saturated heterocycles. The normalized spacial score (nSPS) is 15.0. The number of hydrogen-bond donors (Lipinski definition) is 1. The third-order valence-electron chi connectivity index (χ3n) is 4.23. The van der Waals surface area contributed by atoms with Gasteiger partial charge in [-0.3, -0.25) is 14.9 Å². The molecule has 1 aliphatic rings. The minimum absolute atomic E-state index is 0.0258. The summed E-state index contributed by atoms with van der Waals surface area (Å²) in [5.74, 6) is 1.07. The maximum atomic E-state index is 12.4. The summed E-state index contributed by atoms with van der Waals surface area (Å²) in [5.41, 5.74) is 1.88. The highest BCUT2D eigenvalue weighted by atomic mass is 35.5. The van der Waals surface area contributed by atoms with Crippen LogP contribution in [0.4, 0.5) is 5.69 Å². The van der Waals surface area contributed by atoms with E-state index in [2.05, 4.69) is 5.32 Å². The maximum Gasteiger partial charge on any atom is 0.270 e. The molecule has 0 aliphatic carbocycles. The third-order valence-corrected chi connectivity index (χ3v) is 4.54. The van der Waals surface area contributed by atoms with Gasteiger partial charge in [0.25, 0.3) is 11.6 Å². The minimum atomic E-state index is -0.562. The second-order valence-electron chi connectivity index (χ2n) is 6.24. The lowest BCUT2D eigenvalue weighted by molar-refractivity contribution is -0.384. The first-order valence-corrected chi connectivity index (χ1v) is 8.94. The number of nitrogens with one attached hydrogen (secondary N) is 1. The Bertz CT molecular complexity index is 900. The van der Waals surface area contributed by atoms with Crippen LogP contribution in [0.15, 0.2) is 30.3 Å². The van der Waals surface area contributed by atoms with E-state index < -0.39 is 10.8 Å². The Labute approximate surface area is 161 Å². The number of hydrogen-bond acceptors (Lipinski definition) is 5. The van der Waals surface area contributed by atoms with E-state index in [0.29, 0.717) is 12.4 Å². The van der Waals surface area contributed by atoms with Crippen molar-refractivity contribution in [3.05, 3.63) is 62.2 Å². The summed E-state index contributed by atoms with van der Waals surface area (Å²) in [4.78, 5) is 22.7. The fourth-order valence-electron chi connectivity index (χ4n) is 2.98. The summed E-state index contributed by atoms with van der Waals surface area (Å²) in [7, 11) is 0. The molecule has 1 aliphatic heterocycles. The minimum Gasteiger partial charge on any atom is -0.494 e. The van der Waals surface area contributed by atoms with Crippen LogP contribution in [0.1, 0.15) is 35.3 Å². The van der Waals surface area contributed by atoms with E-state index in [9.17, 15) is 14.9 Å². The first kappa shape index (κ1) is 19.0. The Kier molecular flexibility index (Phi) is 5.51. The molecule has 0 bridgehead atoms. The molecule has 8 heteroatoms. The second-order valence-corrected chi connectivity index (χ2v) is 6.64. The summed E-state index contributed by atoms with van der Waals surface area (Å²) in [6.45, 7) is 4.61. The quantitative estimate of drug-likeness (QED) is 0.596. The predicted octanol–water partition coefficient (Wildman–Crippen LogP) is 3.90. The van der Waals surface area contributed by atoms with Gasteiger partial charge in [-0.1, -0.05) is 11.6 Å². The van der Waals surface area contributed by atoms with Gasteiger partial charge in [0, 0.05) is 36.2 Å². The molecule has 3 rings (SSSR count). The van der Waals surface area contributed by atoms with E-state index in [-0.39, 0.29) is 28.9 Å². The standard InChI is InChI=1S/C19H19ClN2O5/c1-3-26-17-7-12-6-11(2)27-18(12)8-13(17)10-21-19(23)15-5-4-14(22(24)25)9-16(15)20/h4-5,7-9,11H,3,6,10H2,1-2H3,(H,21,23)/t11-/m1/s1. The van der Waals surface area contributed by atoms with Gasteiger partial charge in [0.2, 0.25) is 0 Å². The Morgan fingerprint density at radius 2 is 2.19 bits per heavy atom. The molecule has 7 nitrogen and oxygen atoms in total. The largest absolute Gasteiger partial charge is 0.494 e. The van der Waals surface area contributed by atoms with Gasteiger partial charge in [-0.05, 0) is 32.0 Å². The number of nitro groups is 1. The van der Waals surface area contributed by atoms with Gasteiger partial charge >= 0.3 is 0 Å². The average Bonchev–Trinajstić information content (AvgIpc) is 2.98. The van der Waals surface area contributed by atoms with E-state index >= 15 is 0 Å². The van der Waals surface area contributed by atoms with E-state index in [1.165, 1.54) is 12.1 Å². The molecule has 0 spiro atoms. The van der Waals surface area contributed by atoms with Gasteiger partial charge in [0.15, 0.2) is 0 Å². The van der Waals surface area contributed by atoms with Crippen LogP contribution < -0.4 is 14.8 Å². The average molecular weight is 391 g/mol. The number of non-ortho nitro benzene ring substituents is 1. The zero-order valence-electron chi connectivity index (χ0n) is 15.0. The van der Waals surface area contributed by atoms with E-state index in [0.717, 1.165) is 29.4 Å². The number of nitro benzene ring substituents is 1. The van der Waals surface area contributed by atoms with Crippen molar-refractivity contribution >= 4 is 23.2 Å². The fourth-order valence-corrected chi connectivity index (χ4v) is 3.24. The maximum absolute atomic E-state index is 12.4. The topological polar surface area (TPSA) is 90.7 Å². The Balaban J connectivity index is 1.77. The first-order chi connectivity index (χ1) is 12.9. The van der Waals surface area contributed by atoms with Crippen molar-refractivity contribution in [3.63, 3.8) is 0 Å². The molecule has 1 atom stereocenters. The zero-order valence-corrected chi connectivity index (χ0v) is 15.7. The SMILES string of the molecule is CCOc1cc2c(cc1CNC(=O)c1ccc([N+](=O)[O-])cc1Cl)O[C@H](C)C2. The summed E-state index contributed by atoms with van der Waals surface area (Å²) in [6, 6.07) is 7.57. The van der Waals surface area contributed by atoms with E-state index in [1.54, 1.807) is 0 Å². The van der Waals surface area contributed by atoms with Gasteiger partial charge in [-0.2, -0.15) is 0 Å². The molecule has 1 heterocycles. The second kappa shape index (κ2) is 7.84. The van der Waals surface area contributed by atoms with Gasteiger partial charge in [-0.25, -0.2) is 0 Å². The number of carbonyl (C=O) groups is 1. The number of fused-ring (bicyclic) bond motifs is 1.